The Morgan fingerprint density at radius 1 is 1.19 bits per heavy atom. The van der Waals surface area contributed by atoms with Crippen LogP contribution in [0.25, 0.3) is 11.0 Å². The molecule has 2 fully saturated rings. The summed E-state index contributed by atoms with van der Waals surface area (Å²) in [5.74, 6) is 0.492. The van der Waals surface area contributed by atoms with Crippen molar-refractivity contribution >= 4 is 38.5 Å². The Morgan fingerprint density at radius 2 is 2.03 bits per heavy atom. The molecular formula is C21H24N6O3S. The number of amides is 1. The fraction of sp³-hybridized carbons (Fsp3) is 0.381. The van der Waals surface area contributed by atoms with Crippen LogP contribution in [0.2, 0.25) is 0 Å². The van der Waals surface area contributed by atoms with Gasteiger partial charge < -0.3 is 10.6 Å². The molecule has 1 amide bonds. The van der Waals surface area contributed by atoms with Crippen molar-refractivity contribution in [1.82, 2.24) is 19.5 Å². The molecule has 2 saturated heterocycles. The third kappa shape index (κ3) is 3.35. The van der Waals surface area contributed by atoms with Crippen LogP contribution in [0.3, 0.4) is 0 Å². The van der Waals surface area contributed by atoms with E-state index in [1.807, 2.05) is 18.2 Å². The number of carbonyl (C=O) groups is 1. The first-order valence-electron chi connectivity index (χ1n) is 10.4. The van der Waals surface area contributed by atoms with Gasteiger partial charge in [0.2, 0.25) is 15.9 Å². The summed E-state index contributed by atoms with van der Waals surface area (Å²) < 4.78 is 28.4. The summed E-state index contributed by atoms with van der Waals surface area (Å²) >= 11 is 0. The SMILES string of the molecule is Cc1ccc(N2CCCC2=O)cc1S(=O)(=O)N1CC[C@@H](c2ccc3c(N)[nH]nc3n2)C1. The number of pyridine rings is 1. The number of nitrogens with zero attached hydrogens (tertiary/aromatic N) is 4. The number of aromatic amines is 1. The number of nitrogens with one attached hydrogen (secondary N) is 1. The Hall–Kier alpha value is -2.98. The van der Waals surface area contributed by atoms with Crippen LogP contribution >= 0.6 is 0 Å². The summed E-state index contributed by atoms with van der Waals surface area (Å²) in [6.45, 7) is 3.18. The largest absolute Gasteiger partial charge is 0.384 e. The molecule has 10 heteroatoms. The maximum atomic E-state index is 13.5. The van der Waals surface area contributed by atoms with Crippen molar-refractivity contribution in [2.45, 2.75) is 37.0 Å². The van der Waals surface area contributed by atoms with Gasteiger partial charge in [-0.05, 0) is 49.6 Å². The van der Waals surface area contributed by atoms with Gasteiger partial charge in [-0.1, -0.05) is 6.07 Å². The number of benzene rings is 1. The highest BCUT2D eigenvalue weighted by molar-refractivity contribution is 7.89. The number of aromatic nitrogens is 3. The molecular weight excluding hydrogens is 416 g/mol. The van der Waals surface area contributed by atoms with Gasteiger partial charge in [0, 0.05) is 43.4 Å². The fourth-order valence-corrected chi connectivity index (χ4v) is 6.19. The van der Waals surface area contributed by atoms with Gasteiger partial charge in [0.25, 0.3) is 0 Å². The molecule has 0 saturated carbocycles. The van der Waals surface area contributed by atoms with Crippen LogP contribution in [0.15, 0.2) is 35.2 Å². The van der Waals surface area contributed by atoms with Gasteiger partial charge in [-0.25, -0.2) is 13.4 Å². The van der Waals surface area contributed by atoms with E-state index in [2.05, 4.69) is 15.2 Å². The van der Waals surface area contributed by atoms with Crippen molar-refractivity contribution in [3.05, 3.63) is 41.6 Å². The molecule has 1 aromatic carbocycles. The summed E-state index contributed by atoms with van der Waals surface area (Å²) in [5.41, 5.74) is 8.50. The number of aryl methyl sites for hydroxylation is 1. The van der Waals surface area contributed by atoms with Crippen molar-refractivity contribution in [2.75, 3.05) is 30.3 Å². The van der Waals surface area contributed by atoms with E-state index in [1.54, 1.807) is 24.0 Å². The lowest BCUT2D eigenvalue weighted by Gasteiger charge is -2.21. The number of rotatable bonds is 4. The molecule has 2 aliphatic rings. The van der Waals surface area contributed by atoms with Gasteiger partial charge in [0.1, 0.15) is 5.82 Å². The van der Waals surface area contributed by atoms with Crippen LogP contribution in [-0.4, -0.2) is 53.4 Å². The molecule has 5 rings (SSSR count). The lowest BCUT2D eigenvalue weighted by atomic mass is 10.0. The van der Waals surface area contributed by atoms with Crippen LogP contribution in [0.1, 0.15) is 36.4 Å². The molecule has 0 bridgehead atoms. The van der Waals surface area contributed by atoms with Crippen molar-refractivity contribution in [1.29, 1.82) is 0 Å². The molecule has 0 radical (unpaired) electrons. The third-order valence-corrected chi connectivity index (χ3v) is 8.22. The number of H-pyrrole nitrogens is 1. The standard InChI is InChI=1S/C21H24N6O3S/c1-13-4-5-15(27-9-2-3-19(27)28)11-18(13)31(29,30)26-10-8-14(12-26)17-7-6-16-20(22)24-25-21(16)23-17/h4-7,11,14H,2-3,8-10,12H2,1H3,(H3,22,23,24,25)/t14-/m1/s1. The van der Waals surface area contributed by atoms with E-state index < -0.39 is 10.0 Å². The number of carbonyl (C=O) groups excluding carboxylic acids is 1. The fourth-order valence-electron chi connectivity index (χ4n) is 4.44. The molecule has 1 atom stereocenters. The highest BCUT2D eigenvalue weighted by atomic mass is 32.2. The minimum atomic E-state index is -3.69. The van der Waals surface area contributed by atoms with Crippen LogP contribution in [-0.2, 0) is 14.8 Å². The molecule has 2 aromatic heterocycles. The molecule has 9 nitrogen and oxygen atoms in total. The molecule has 4 heterocycles. The predicted octanol–water partition coefficient (Wildman–Crippen LogP) is 2.15. The lowest BCUT2D eigenvalue weighted by Crippen LogP contribution is -2.30. The number of sulfonamides is 1. The maximum Gasteiger partial charge on any atom is 0.243 e. The van der Waals surface area contributed by atoms with Gasteiger partial charge in [0.05, 0.1) is 10.3 Å². The maximum absolute atomic E-state index is 13.5. The molecule has 0 unspecified atom stereocenters. The second-order valence-corrected chi connectivity index (χ2v) is 10.1. The molecule has 0 aliphatic carbocycles. The highest BCUT2D eigenvalue weighted by Crippen LogP contribution is 2.34. The quantitative estimate of drug-likeness (QED) is 0.640. The number of hydrogen-bond acceptors (Lipinski definition) is 6. The number of nitrogens with two attached hydrogens (primary N) is 1. The third-order valence-electron chi connectivity index (χ3n) is 6.21. The summed E-state index contributed by atoms with van der Waals surface area (Å²) in [6, 6.07) is 8.99. The van der Waals surface area contributed by atoms with Gasteiger partial charge in [0.15, 0.2) is 5.65 Å². The van der Waals surface area contributed by atoms with Crippen LogP contribution < -0.4 is 10.6 Å². The highest BCUT2D eigenvalue weighted by Gasteiger charge is 2.35. The van der Waals surface area contributed by atoms with Gasteiger partial charge in [-0.15, -0.1) is 0 Å². The average Bonchev–Trinajstić information content (AvgIpc) is 3.49. The van der Waals surface area contributed by atoms with Crippen LogP contribution in [0.4, 0.5) is 11.5 Å². The number of hydrogen-bond donors (Lipinski definition) is 2. The van der Waals surface area contributed by atoms with Crippen LogP contribution in [0.5, 0.6) is 0 Å². The van der Waals surface area contributed by atoms with Crippen LogP contribution in [0, 0.1) is 6.92 Å². The normalized spacial score (nSPS) is 20.2. The number of anilines is 2. The van der Waals surface area contributed by atoms with E-state index in [9.17, 15) is 13.2 Å². The zero-order valence-electron chi connectivity index (χ0n) is 17.2. The Kier molecular flexibility index (Phi) is 4.71. The Morgan fingerprint density at radius 3 is 2.81 bits per heavy atom. The van der Waals surface area contributed by atoms with Gasteiger partial charge in [-0.3, -0.25) is 9.89 Å². The smallest absolute Gasteiger partial charge is 0.243 e. The molecule has 3 N–H and O–H groups in total. The van der Waals surface area contributed by atoms with E-state index in [0.717, 1.165) is 17.5 Å². The number of fused-ring (bicyclic) bond motifs is 1. The predicted molar refractivity (Wildman–Crippen MR) is 117 cm³/mol. The van der Waals surface area contributed by atoms with E-state index in [-0.39, 0.29) is 16.7 Å². The monoisotopic (exact) mass is 440 g/mol. The van der Waals surface area contributed by atoms with E-state index >= 15 is 0 Å². The summed E-state index contributed by atoms with van der Waals surface area (Å²) in [7, 11) is -3.69. The summed E-state index contributed by atoms with van der Waals surface area (Å²) in [4.78, 5) is 18.6. The molecule has 162 valence electrons. The molecule has 2 aliphatic heterocycles. The zero-order valence-corrected chi connectivity index (χ0v) is 18.0. The zero-order chi connectivity index (χ0) is 21.8. The lowest BCUT2D eigenvalue weighted by molar-refractivity contribution is -0.117. The Bertz CT molecular complexity index is 1290. The second kappa shape index (κ2) is 7.31. The average molecular weight is 441 g/mol. The van der Waals surface area contributed by atoms with Crippen molar-refractivity contribution < 1.29 is 13.2 Å². The number of nitrogen functional groups attached to an aromatic ring is 1. The first-order valence-corrected chi connectivity index (χ1v) is 11.8. The Labute approximate surface area is 180 Å². The van der Waals surface area contributed by atoms with Gasteiger partial charge in [-0.2, -0.15) is 9.40 Å². The van der Waals surface area contributed by atoms with Crippen molar-refractivity contribution in [3.8, 4) is 0 Å². The van der Waals surface area contributed by atoms with E-state index in [4.69, 9.17) is 5.73 Å². The molecule has 3 aromatic rings. The van der Waals surface area contributed by atoms with E-state index in [1.165, 1.54) is 4.31 Å². The summed E-state index contributed by atoms with van der Waals surface area (Å²) in [6.07, 6.45) is 1.98. The minimum Gasteiger partial charge on any atom is -0.384 e. The van der Waals surface area contributed by atoms with Gasteiger partial charge >= 0.3 is 0 Å². The first-order chi connectivity index (χ1) is 14.8. The summed E-state index contributed by atoms with van der Waals surface area (Å²) in [5, 5.41) is 7.58. The second-order valence-electron chi connectivity index (χ2n) is 8.19. The minimum absolute atomic E-state index is 0.0132. The molecule has 31 heavy (non-hydrogen) atoms. The Balaban J connectivity index is 1.41. The van der Waals surface area contributed by atoms with Crippen molar-refractivity contribution in [3.63, 3.8) is 0 Å². The first kappa shape index (κ1) is 20.0. The van der Waals surface area contributed by atoms with Crippen molar-refractivity contribution in [2.24, 2.45) is 0 Å². The molecule has 0 spiro atoms. The topological polar surface area (TPSA) is 125 Å². The van der Waals surface area contributed by atoms with E-state index in [0.29, 0.717) is 55.2 Å².